The second-order valence-electron chi connectivity index (χ2n) is 4.42. The molecule has 0 aliphatic carbocycles. The molecule has 112 valence electrons. The van der Waals surface area contributed by atoms with Crippen molar-refractivity contribution < 1.29 is 16.8 Å². The fourth-order valence-electron chi connectivity index (χ4n) is 1.63. The first-order valence-corrected chi connectivity index (χ1v) is 9.35. The molecule has 8 heteroatoms. The molecule has 0 atom stereocenters. The lowest BCUT2D eigenvalue weighted by molar-refractivity contribution is 0.580. The van der Waals surface area contributed by atoms with Crippen molar-refractivity contribution in [2.45, 2.75) is 16.3 Å². The summed E-state index contributed by atoms with van der Waals surface area (Å²) in [4.78, 5) is 3.94. The lowest BCUT2D eigenvalue weighted by Gasteiger charge is -2.07. The standard InChI is InChI=1S/C13H14N2O4S2/c1-20(16,17)12-2-4-13(5-3-12)21(18,19)15-10-11-6-8-14-9-7-11/h2-9,15H,10H2,1H3. The van der Waals surface area contributed by atoms with Crippen molar-refractivity contribution >= 4 is 19.9 Å². The maximum Gasteiger partial charge on any atom is 0.240 e. The Balaban J connectivity index is 2.16. The zero-order valence-electron chi connectivity index (χ0n) is 11.2. The van der Waals surface area contributed by atoms with E-state index in [-0.39, 0.29) is 16.3 Å². The van der Waals surface area contributed by atoms with Gasteiger partial charge in [0.2, 0.25) is 10.0 Å². The Kier molecular flexibility index (Phi) is 4.40. The quantitative estimate of drug-likeness (QED) is 0.883. The summed E-state index contributed by atoms with van der Waals surface area (Å²) in [7, 11) is -7.03. The third-order valence-electron chi connectivity index (χ3n) is 2.78. The zero-order valence-corrected chi connectivity index (χ0v) is 12.9. The summed E-state index contributed by atoms with van der Waals surface area (Å²) < 4.78 is 49.3. The van der Waals surface area contributed by atoms with E-state index in [9.17, 15) is 16.8 Å². The van der Waals surface area contributed by atoms with Gasteiger partial charge in [0.15, 0.2) is 9.84 Å². The number of hydrogen-bond acceptors (Lipinski definition) is 5. The van der Waals surface area contributed by atoms with Crippen LogP contribution in [0.25, 0.3) is 0 Å². The summed E-state index contributed by atoms with van der Waals surface area (Å²) in [6, 6.07) is 8.49. The normalized spacial score (nSPS) is 12.2. The van der Waals surface area contributed by atoms with Crippen LogP contribution in [-0.2, 0) is 26.4 Å². The summed E-state index contributed by atoms with van der Waals surface area (Å²) in [6.45, 7) is 0.138. The van der Waals surface area contributed by atoms with Crippen LogP contribution >= 0.6 is 0 Å². The molecule has 0 saturated heterocycles. The first kappa shape index (κ1) is 15.6. The fourth-order valence-corrected chi connectivity index (χ4v) is 3.28. The highest BCUT2D eigenvalue weighted by molar-refractivity contribution is 7.90. The van der Waals surface area contributed by atoms with Crippen molar-refractivity contribution in [2.75, 3.05) is 6.26 Å². The van der Waals surface area contributed by atoms with Crippen molar-refractivity contribution in [2.24, 2.45) is 0 Å². The largest absolute Gasteiger partial charge is 0.265 e. The summed E-state index contributed by atoms with van der Waals surface area (Å²) >= 11 is 0. The molecule has 2 rings (SSSR count). The summed E-state index contributed by atoms with van der Waals surface area (Å²) in [5.41, 5.74) is 0.779. The van der Waals surface area contributed by atoms with Gasteiger partial charge >= 0.3 is 0 Å². The molecule has 0 bridgehead atoms. The number of nitrogens with zero attached hydrogens (tertiary/aromatic N) is 1. The highest BCUT2D eigenvalue weighted by Crippen LogP contribution is 2.14. The lowest BCUT2D eigenvalue weighted by atomic mass is 10.3. The second-order valence-corrected chi connectivity index (χ2v) is 8.21. The van der Waals surface area contributed by atoms with E-state index < -0.39 is 19.9 Å². The van der Waals surface area contributed by atoms with Gasteiger partial charge < -0.3 is 0 Å². The van der Waals surface area contributed by atoms with Crippen molar-refractivity contribution in [3.8, 4) is 0 Å². The number of sulfone groups is 1. The molecule has 0 radical (unpaired) electrons. The van der Waals surface area contributed by atoms with Crippen molar-refractivity contribution in [3.05, 3.63) is 54.4 Å². The SMILES string of the molecule is CS(=O)(=O)c1ccc(S(=O)(=O)NCc2ccncc2)cc1. The molecule has 0 unspecified atom stereocenters. The molecule has 0 saturated carbocycles. The first-order valence-electron chi connectivity index (χ1n) is 5.98. The maximum atomic E-state index is 12.1. The van der Waals surface area contributed by atoms with Gasteiger partial charge in [-0.25, -0.2) is 21.6 Å². The molecule has 0 aliphatic heterocycles. The van der Waals surface area contributed by atoms with Gasteiger partial charge in [-0.1, -0.05) is 0 Å². The van der Waals surface area contributed by atoms with Gasteiger partial charge in [-0.15, -0.1) is 0 Å². The van der Waals surface area contributed by atoms with Crippen LogP contribution in [0.1, 0.15) is 5.56 Å². The Labute approximate surface area is 123 Å². The van der Waals surface area contributed by atoms with Crippen LogP contribution in [-0.4, -0.2) is 28.1 Å². The molecule has 21 heavy (non-hydrogen) atoms. The molecule has 0 spiro atoms. The number of rotatable bonds is 5. The van der Waals surface area contributed by atoms with E-state index in [1.807, 2.05) is 0 Å². The van der Waals surface area contributed by atoms with Gasteiger partial charge in [0.1, 0.15) is 0 Å². The molecule has 2 aromatic rings. The van der Waals surface area contributed by atoms with Crippen LogP contribution in [0.3, 0.4) is 0 Å². The summed E-state index contributed by atoms with van der Waals surface area (Å²) in [5, 5.41) is 0. The second kappa shape index (κ2) is 5.92. The van der Waals surface area contributed by atoms with Gasteiger partial charge in [-0.2, -0.15) is 0 Å². The van der Waals surface area contributed by atoms with E-state index in [0.717, 1.165) is 11.8 Å². The lowest BCUT2D eigenvalue weighted by Crippen LogP contribution is -2.23. The van der Waals surface area contributed by atoms with E-state index in [2.05, 4.69) is 9.71 Å². The molecule has 1 heterocycles. The van der Waals surface area contributed by atoms with Crippen LogP contribution in [0.5, 0.6) is 0 Å². The first-order chi connectivity index (χ1) is 9.79. The van der Waals surface area contributed by atoms with Gasteiger partial charge in [0.05, 0.1) is 9.79 Å². The summed E-state index contributed by atoms with van der Waals surface area (Å²) in [5.74, 6) is 0. The van der Waals surface area contributed by atoms with Crippen LogP contribution in [0.4, 0.5) is 0 Å². The number of hydrogen-bond donors (Lipinski definition) is 1. The Morgan fingerprint density at radius 2 is 1.43 bits per heavy atom. The Bertz CT molecular complexity index is 814. The molecule has 1 aromatic heterocycles. The molecule has 6 nitrogen and oxygen atoms in total. The Morgan fingerprint density at radius 3 is 1.95 bits per heavy atom. The molecule has 0 fully saturated rings. The average molecular weight is 326 g/mol. The predicted octanol–water partition coefficient (Wildman–Crippen LogP) is 0.964. The molecule has 1 N–H and O–H groups in total. The predicted molar refractivity (Wildman–Crippen MR) is 77.8 cm³/mol. The fraction of sp³-hybridized carbons (Fsp3) is 0.154. The monoisotopic (exact) mass is 326 g/mol. The molecule has 0 amide bonds. The Morgan fingerprint density at radius 1 is 0.905 bits per heavy atom. The van der Waals surface area contributed by atoms with Gasteiger partial charge in [-0.05, 0) is 42.0 Å². The van der Waals surface area contributed by atoms with E-state index in [1.165, 1.54) is 24.3 Å². The minimum absolute atomic E-state index is 0.0176. The van der Waals surface area contributed by atoms with Gasteiger partial charge in [0, 0.05) is 25.2 Å². The van der Waals surface area contributed by atoms with Gasteiger partial charge in [-0.3, -0.25) is 4.98 Å². The van der Waals surface area contributed by atoms with E-state index in [4.69, 9.17) is 0 Å². The number of aromatic nitrogens is 1. The number of nitrogens with one attached hydrogen (secondary N) is 1. The van der Waals surface area contributed by atoms with E-state index in [1.54, 1.807) is 24.5 Å². The van der Waals surface area contributed by atoms with E-state index in [0.29, 0.717) is 0 Å². The zero-order chi connectivity index (χ0) is 15.5. The van der Waals surface area contributed by atoms with Crippen molar-refractivity contribution in [1.29, 1.82) is 0 Å². The smallest absolute Gasteiger partial charge is 0.240 e. The van der Waals surface area contributed by atoms with Crippen molar-refractivity contribution in [3.63, 3.8) is 0 Å². The van der Waals surface area contributed by atoms with E-state index >= 15 is 0 Å². The number of sulfonamides is 1. The minimum atomic E-state index is -3.69. The number of pyridine rings is 1. The van der Waals surface area contributed by atoms with Crippen LogP contribution in [0, 0.1) is 0 Å². The summed E-state index contributed by atoms with van der Waals surface area (Å²) in [6.07, 6.45) is 4.22. The minimum Gasteiger partial charge on any atom is -0.265 e. The highest BCUT2D eigenvalue weighted by atomic mass is 32.2. The highest BCUT2D eigenvalue weighted by Gasteiger charge is 2.15. The van der Waals surface area contributed by atoms with Crippen LogP contribution in [0.2, 0.25) is 0 Å². The molecule has 0 aliphatic rings. The number of benzene rings is 1. The van der Waals surface area contributed by atoms with Crippen LogP contribution < -0.4 is 4.72 Å². The third kappa shape index (κ3) is 4.10. The average Bonchev–Trinajstić information content (AvgIpc) is 2.46. The topological polar surface area (TPSA) is 93.2 Å². The molecular formula is C13H14N2O4S2. The van der Waals surface area contributed by atoms with Gasteiger partial charge in [0.25, 0.3) is 0 Å². The Hall–Kier alpha value is -1.77. The third-order valence-corrected chi connectivity index (χ3v) is 5.32. The molecule has 1 aromatic carbocycles. The van der Waals surface area contributed by atoms with Crippen LogP contribution in [0.15, 0.2) is 58.6 Å². The maximum absolute atomic E-state index is 12.1. The molecular weight excluding hydrogens is 312 g/mol. The van der Waals surface area contributed by atoms with Crippen molar-refractivity contribution in [1.82, 2.24) is 9.71 Å².